The smallest absolute Gasteiger partial charge is 0.156 e. The van der Waals surface area contributed by atoms with E-state index < -0.39 is 0 Å². The van der Waals surface area contributed by atoms with E-state index in [9.17, 15) is 0 Å². The van der Waals surface area contributed by atoms with Crippen molar-refractivity contribution in [2.75, 3.05) is 5.32 Å². The lowest BCUT2D eigenvalue weighted by Crippen LogP contribution is -2.03. The lowest BCUT2D eigenvalue weighted by atomic mass is 10.2. The zero-order chi connectivity index (χ0) is 13.1. The monoisotopic (exact) mass is 270 g/mol. The molecule has 1 N–H and O–H groups in total. The van der Waals surface area contributed by atoms with Crippen molar-refractivity contribution in [2.24, 2.45) is 0 Å². The Morgan fingerprint density at radius 3 is 2.89 bits per heavy atom. The largest absolute Gasteiger partial charge is 0.364 e. The van der Waals surface area contributed by atoms with Crippen LogP contribution in [-0.4, -0.2) is 15.0 Å². The lowest BCUT2D eigenvalue weighted by Gasteiger charge is -2.07. The molecule has 0 radical (unpaired) electrons. The molecule has 94 valence electrons. The third kappa shape index (κ3) is 2.63. The summed E-state index contributed by atoms with van der Waals surface area (Å²) >= 11 is 5.96. The van der Waals surface area contributed by atoms with Gasteiger partial charge < -0.3 is 5.32 Å². The van der Waals surface area contributed by atoms with Crippen molar-refractivity contribution in [3.63, 3.8) is 0 Å². The van der Waals surface area contributed by atoms with Gasteiger partial charge in [0.1, 0.15) is 11.8 Å². The molecule has 1 aromatic carbocycles. The molecule has 0 amide bonds. The van der Waals surface area contributed by atoms with E-state index in [1.54, 1.807) is 6.20 Å². The maximum Gasteiger partial charge on any atom is 0.156 e. The minimum Gasteiger partial charge on any atom is -0.364 e. The van der Waals surface area contributed by atoms with Crippen molar-refractivity contribution in [1.29, 1.82) is 0 Å². The van der Waals surface area contributed by atoms with Crippen LogP contribution >= 0.6 is 11.6 Å². The van der Waals surface area contributed by atoms with E-state index in [2.05, 4.69) is 20.3 Å². The molecule has 5 heteroatoms. The van der Waals surface area contributed by atoms with E-state index in [0.717, 1.165) is 27.4 Å². The number of benzene rings is 1. The highest BCUT2D eigenvalue weighted by molar-refractivity contribution is 6.30. The van der Waals surface area contributed by atoms with Crippen LogP contribution in [0.1, 0.15) is 5.56 Å². The number of fused-ring (bicyclic) bond motifs is 1. The van der Waals surface area contributed by atoms with Crippen LogP contribution in [0.2, 0.25) is 5.02 Å². The summed E-state index contributed by atoms with van der Waals surface area (Å²) in [6, 6.07) is 11.5. The molecule has 3 aromatic rings. The molecule has 3 rings (SSSR count). The predicted octanol–water partition coefficient (Wildman–Crippen LogP) is 3.29. The van der Waals surface area contributed by atoms with Gasteiger partial charge in [0.2, 0.25) is 0 Å². The topological polar surface area (TPSA) is 50.7 Å². The standard InChI is InChI=1S/C14H11ClN4/c15-11-4-1-3-10(7-11)8-17-14-13-12(18-9-19-14)5-2-6-16-13/h1-7,9H,8H2,(H,17,18,19). The fourth-order valence-electron chi connectivity index (χ4n) is 1.86. The maximum atomic E-state index is 5.96. The zero-order valence-corrected chi connectivity index (χ0v) is 10.8. The number of halogens is 1. The Kier molecular flexibility index (Phi) is 3.25. The fraction of sp³-hybridized carbons (Fsp3) is 0.0714. The van der Waals surface area contributed by atoms with Gasteiger partial charge in [0.05, 0.1) is 5.52 Å². The van der Waals surface area contributed by atoms with Gasteiger partial charge in [-0.1, -0.05) is 23.7 Å². The first-order valence-electron chi connectivity index (χ1n) is 5.87. The van der Waals surface area contributed by atoms with Gasteiger partial charge in [0.15, 0.2) is 5.82 Å². The van der Waals surface area contributed by atoms with Gasteiger partial charge in [0, 0.05) is 17.8 Å². The van der Waals surface area contributed by atoms with Crippen LogP contribution in [0.3, 0.4) is 0 Å². The first-order chi connectivity index (χ1) is 9.33. The van der Waals surface area contributed by atoms with Gasteiger partial charge in [-0.15, -0.1) is 0 Å². The third-order valence-electron chi connectivity index (χ3n) is 2.74. The molecule has 0 saturated carbocycles. The SMILES string of the molecule is Clc1cccc(CNc2ncnc3cccnc23)c1. The number of nitrogens with zero attached hydrogens (tertiary/aromatic N) is 3. The van der Waals surface area contributed by atoms with Crippen molar-refractivity contribution in [3.05, 3.63) is 59.5 Å². The maximum absolute atomic E-state index is 5.96. The summed E-state index contributed by atoms with van der Waals surface area (Å²) in [6.45, 7) is 0.642. The molecule has 0 bridgehead atoms. The highest BCUT2D eigenvalue weighted by atomic mass is 35.5. The highest BCUT2D eigenvalue weighted by Gasteiger charge is 2.03. The number of nitrogens with one attached hydrogen (secondary N) is 1. The molecule has 0 aliphatic rings. The second kappa shape index (κ2) is 5.20. The third-order valence-corrected chi connectivity index (χ3v) is 2.98. The van der Waals surface area contributed by atoms with Gasteiger partial charge in [-0.3, -0.25) is 4.98 Å². The average Bonchev–Trinajstić information content (AvgIpc) is 2.45. The zero-order valence-electron chi connectivity index (χ0n) is 10.0. The molecule has 0 aliphatic carbocycles. The van der Waals surface area contributed by atoms with Gasteiger partial charge in [-0.2, -0.15) is 0 Å². The van der Waals surface area contributed by atoms with Crippen LogP contribution < -0.4 is 5.32 Å². The Balaban J connectivity index is 1.86. The molecule has 19 heavy (non-hydrogen) atoms. The highest BCUT2D eigenvalue weighted by Crippen LogP contribution is 2.17. The van der Waals surface area contributed by atoms with Gasteiger partial charge in [-0.05, 0) is 29.8 Å². The average molecular weight is 271 g/mol. The van der Waals surface area contributed by atoms with E-state index in [1.807, 2.05) is 36.4 Å². The number of rotatable bonds is 3. The van der Waals surface area contributed by atoms with Crippen molar-refractivity contribution < 1.29 is 0 Å². The van der Waals surface area contributed by atoms with Gasteiger partial charge in [-0.25, -0.2) is 9.97 Å². The summed E-state index contributed by atoms with van der Waals surface area (Å²) in [5.74, 6) is 0.727. The van der Waals surface area contributed by atoms with Crippen LogP contribution in [-0.2, 0) is 6.54 Å². The number of aromatic nitrogens is 3. The quantitative estimate of drug-likeness (QED) is 0.793. The Morgan fingerprint density at radius 1 is 1.05 bits per heavy atom. The van der Waals surface area contributed by atoms with Crippen LogP contribution in [0.25, 0.3) is 11.0 Å². The summed E-state index contributed by atoms with van der Waals surface area (Å²) < 4.78 is 0. The molecule has 0 atom stereocenters. The number of anilines is 1. The lowest BCUT2D eigenvalue weighted by molar-refractivity contribution is 1.09. The number of pyridine rings is 1. The normalized spacial score (nSPS) is 10.6. The van der Waals surface area contributed by atoms with Crippen LogP contribution in [0.15, 0.2) is 48.9 Å². The van der Waals surface area contributed by atoms with E-state index >= 15 is 0 Å². The summed E-state index contributed by atoms with van der Waals surface area (Å²) in [5.41, 5.74) is 2.69. The fourth-order valence-corrected chi connectivity index (χ4v) is 2.07. The predicted molar refractivity (Wildman–Crippen MR) is 76.1 cm³/mol. The Bertz CT molecular complexity index is 709. The minimum absolute atomic E-state index is 0.642. The number of hydrogen-bond donors (Lipinski definition) is 1. The molecule has 2 heterocycles. The van der Waals surface area contributed by atoms with E-state index in [4.69, 9.17) is 11.6 Å². The van der Waals surface area contributed by atoms with Crippen molar-refractivity contribution in [1.82, 2.24) is 15.0 Å². The molecular weight excluding hydrogens is 260 g/mol. The van der Waals surface area contributed by atoms with Crippen LogP contribution in [0, 0.1) is 0 Å². The molecule has 0 saturated heterocycles. The Labute approximate surface area is 115 Å². The second-order valence-electron chi connectivity index (χ2n) is 4.08. The molecule has 0 spiro atoms. The molecule has 0 unspecified atom stereocenters. The van der Waals surface area contributed by atoms with E-state index in [1.165, 1.54) is 6.33 Å². The summed E-state index contributed by atoms with van der Waals surface area (Å²) in [7, 11) is 0. The minimum atomic E-state index is 0.642. The first kappa shape index (κ1) is 11.9. The van der Waals surface area contributed by atoms with E-state index in [0.29, 0.717) is 6.54 Å². The molecular formula is C14H11ClN4. The molecule has 0 aliphatic heterocycles. The second-order valence-corrected chi connectivity index (χ2v) is 4.51. The molecule has 4 nitrogen and oxygen atoms in total. The van der Waals surface area contributed by atoms with Crippen LogP contribution in [0.5, 0.6) is 0 Å². The van der Waals surface area contributed by atoms with Crippen LogP contribution in [0.4, 0.5) is 5.82 Å². The van der Waals surface area contributed by atoms with E-state index in [-0.39, 0.29) is 0 Å². The summed E-state index contributed by atoms with van der Waals surface area (Å²) in [5, 5.41) is 3.99. The number of hydrogen-bond acceptors (Lipinski definition) is 4. The van der Waals surface area contributed by atoms with Crippen molar-refractivity contribution >= 4 is 28.5 Å². The van der Waals surface area contributed by atoms with Gasteiger partial charge >= 0.3 is 0 Å². The Morgan fingerprint density at radius 2 is 2.00 bits per heavy atom. The summed E-state index contributed by atoms with van der Waals surface area (Å²) in [4.78, 5) is 12.7. The van der Waals surface area contributed by atoms with Gasteiger partial charge in [0.25, 0.3) is 0 Å². The molecule has 0 fully saturated rings. The van der Waals surface area contributed by atoms with Crippen molar-refractivity contribution in [2.45, 2.75) is 6.54 Å². The first-order valence-corrected chi connectivity index (χ1v) is 6.25. The summed E-state index contributed by atoms with van der Waals surface area (Å²) in [6.07, 6.45) is 3.26. The molecule has 2 aromatic heterocycles. The Hall–Kier alpha value is -2.20. The van der Waals surface area contributed by atoms with Crippen molar-refractivity contribution in [3.8, 4) is 0 Å².